The van der Waals surface area contributed by atoms with Gasteiger partial charge in [-0.2, -0.15) is 0 Å². The van der Waals surface area contributed by atoms with Crippen LogP contribution in [0.15, 0.2) is 53.3 Å². The van der Waals surface area contributed by atoms with E-state index in [-0.39, 0.29) is 17.9 Å². The standard InChI is InChI=1S/C25H28N2O4/c1-17-24(26-23-9-4-3-8-22(23)25(17)29)16-31-21-7-5-6-20(14-21)30-15-19-10-12-27(13-11-19)18(2)28/h3-9,14,19H,10-13,15-16H2,1-2H3,(H,26,29). The number of para-hydroxylation sites is 1. The molecule has 2 aromatic carbocycles. The number of fused-ring (bicyclic) bond motifs is 1. The summed E-state index contributed by atoms with van der Waals surface area (Å²) in [4.78, 5) is 29.3. The van der Waals surface area contributed by atoms with Crippen molar-refractivity contribution >= 4 is 16.8 Å². The van der Waals surface area contributed by atoms with Gasteiger partial charge in [-0.05, 0) is 49.9 Å². The smallest absolute Gasteiger partial charge is 0.219 e. The van der Waals surface area contributed by atoms with Crippen LogP contribution in [-0.4, -0.2) is 35.5 Å². The molecule has 4 rings (SSSR count). The minimum atomic E-state index is 0.0286. The number of carbonyl (C=O) groups excluding carboxylic acids is 1. The first-order chi connectivity index (χ1) is 15.0. The molecule has 0 unspecified atom stereocenters. The quantitative estimate of drug-likeness (QED) is 0.653. The number of nitrogens with one attached hydrogen (secondary N) is 1. The number of benzene rings is 2. The van der Waals surface area contributed by atoms with Crippen LogP contribution in [0.1, 0.15) is 31.0 Å². The third-order valence-corrected chi connectivity index (χ3v) is 5.98. The van der Waals surface area contributed by atoms with Gasteiger partial charge in [0.25, 0.3) is 0 Å². The van der Waals surface area contributed by atoms with Gasteiger partial charge in [-0.15, -0.1) is 0 Å². The minimum Gasteiger partial charge on any atom is -0.493 e. The molecule has 1 fully saturated rings. The molecule has 0 saturated carbocycles. The van der Waals surface area contributed by atoms with Gasteiger partial charge in [-0.3, -0.25) is 9.59 Å². The first-order valence-electron chi connectivity index (χ1n) is 10.7. The summed E-state index contributed by atoms with van der Waals surface area (Å²) in [5.41, 5.74) is 2.28. The predicted molar refractivity (Wildman–Crippen MR) is 121 cm³/mol. The van der Waals surface area contributed by atoms with Crippen molar-refractivity contribution in [3.63, 3.8) is 0 Å². The maximum Gasteiger partial charge on any atom is 0.219 e. The highest BCUT2D eigenvalue weighted by Crippen LogP contribution is 2.23. The number of aromatic amines is 1. The molecule has 0 bridgehead atoms. The number of hydrogen-bond donors (Lipinski definition) is 1. The maximum absolute atomic E-state index is 12.6. The van der Waals surface area contributed by atoms with E-state index in [1.54, 1.807) is 6.92 Å². The Morgan fingerprint density at radius 3 is 2.52 bits per heavy atom. The summed E-state index contributed by atoms with van der Waals surface area (Å²) in [7, 11) is 0. The maximum atomic E-state index is 12.6. The van der Waals surface area contributed by atoms with Crippen molar-refractivity contribution in [2.75, 3.05) is 19.7 Å². The molecule has 1 amide bonds. The van der Waals surface area contributed by atoms with Crippen LogP contribution < -0.4 is 14.9 Å². The molecule has 31 heavy (non-hydrogen) atoms. The van der Waals surface area contributed by atoms with Crippen molar-refractivity contribution in [2.24, 2.45) is 5.92 Å². The minimum absolute atomic E-state index is 0.0286. The molecule has 2 heterocycles. The number of aromatic nitrogens is 1. The Morgan fingerprint density at radius 1 is 1.06 bits per heavy atom. The molecule has 1 aliphatic heterocycles. The van der Waals surface area contributed by atoms with Gasteiger partial charge in [-0.1, -0.05) is 18.2 Å². The van der Waals surface area contributed by atoms with Crippen molar-refractivity contribution in [3.05, 3.63) is 70.0 Å². The monoisotopic (exact) mass is 420 g/mol. The van der Waals surface area contributed by atoms with E-state index >= 15 is 0 Å². The van der Waals surface area contributed by atoms with E-state index in [0.29, 0.717) is 29.2 Å². The second-order valence-corrected chi connectivity index (χ2v) is 8.13. The Morgan fingerprint density at radius 2 is 1.77 bits per heavy atom. The van der Waals surface area contributed by atoms with Gasteiger partial charge in [0, 0.05) is 42.5 Å². The fourth-order valence-corrected chi connectivity index (χ4v) is 3.97. The number of piperidine rings is 1. The Hall–Kier alpha value is -3.28. The van der Waals surface area contributed by atoms with Crippen LogP contribution in [0.4, 0.5) is 0 Å². The molecule has 1 saturated heterocycles. The first kappa shape index (κ1) is 21.0. The molecule has 162 valence electrons. The van der Waals surface area contributed by atoms with Crippen LogP contribution in [0.2, 0.25) is 0 Å². The number of amides is 1. The Balaban J connectivity index is 1.36. The number of carbonyl (C=O) groups is 1. The van der Waals surface area contributed by atoms with Crippen molar-refractivity contribution in [1.29, 1.82) is 0 Å². The number of rotatable bonds is 6. The summed E-state index contributed by atoms with van der Waals surface area (Å²) < 4.78 is 11.9. The van der Waals surface area contributed by atoms with Crippen LogP contribution >= 0.6 is 0 Å². The molecule has 0 atom stereocenters. The molecular weight excluding hydrogens is 392 g/mol. The third kappa shape index (κ3) is 4.90. The number of ether oxygens (including phenoxy) is 2. The number of likely N-dealkylation sites (tertiary alicyclic amines) is 1. The van der Waals surface area contributed by atoms with Gasteiger partial charge in [0.05, 0.1) is 12.3 Å². The lowest BCUT2D eigenvalue weighted by Crippen LogP contribution is -2.38. The van der Waals surface area contributed by atoms with Crippen molar-refractivity contribution in [2.45, 2.75) is 33.3 Å². The summed E-state index contributed by atoms with van der Waals surface area (Å²) >= 11 is 0. The second-order valence-electron chi connectivity index (χ2n) is 8.13. The normalized spacial score (nSPS) is 14.6. The number of nitrogens with zero attached hydrogens (tertiary/aromatic N) is 1. The molecule has 0 radical (unpaired) electrons. The van der Waals surface area contributed by atoms with Crippen molar-refractivity contribution in [3.8, 4) is 11.5 Å². The zero-order valence-electron chi connectivity index (χ0n) is 18.0. The number of H-pyrrole nitrogens is 1. The lowest BCUT2D eigenvalue weighted by atomic mass is 9.98. The van der Waals surface area contributed by atoms with Gasteiger partial charge >= 0.3 is 0 Å². The van der Waals surface area contributed by atoms with E-state index in [4.69, 9.17) is 9.47 Å². The fourth-order valence-electron chi connectivity index (χ4n) is 3.97. The molecule has 1 N–H and O–H groups in total. The van der Waals surface area contributed by atoms with Gasteiger partial charge in [0.15, 0.2) is 5.43 Å². The lowest BCUT2D eigenvalue weighted by Gasteiger charge is -2.31. The van der Waals surface area contributed by atoms with Crippen molar-refractivity contribution < 1.29 is 14.3 Å². The highest BCUT2D eigenvalue weighted by Gasteiger charge is 2.21. The Labute approximate surface area is 181 Å². The first-order valence-corrected chi connectivity index (χ1v) is 10.7. The molecule has 0 spiro atoms. The molecule has 0 aliphatic carbocycles. The lowest BCUT2D eigenvalue weighted by molar-refractivity contribution is -0.130. The van der Waals surface area contributed by atoms with E-state index in [1.165, 1.54) is 0 Å². The van der Waals surface area contributed by atoms with Gasteiger partial charge in [0.1, 0.15) is 18.1 Å². The zero-order valence-corrected chi connectivity index (χ0v) is 18.0. The van der Waals surface area contributed by atoms with E-state index in [9.17, 15) is 9.59 Å². The molecule has 6 heteroatoms. The number of hydrogen-bond acceptors (Lipinski definition) is 4. The van der Waals surface area contributed by atoms with Crippen LogP contribution in [0.3, 0.4) is 0 Å². The van der Waals surface area contributed by atoms with Crippen LogP contribution in [-0.2, 0) is 11.4 Å². The summed E-state index contributed by atoms with van der Waals surface area (Å²) in [6.07, 6.45) is 1.93. The largest absolute Gasteiger partial charge is 0.493 e. The van der Waals surface area contributed by atoms with Crippen molar-refractivity contribution in [1.82, 2.24) is 9.88 Å². The topological polar surface area (TPSA) is 71.6 Å². The molecule has 1 aromatic heterocycles. The fraction of sp³-hybridized carbons (Fsp3) is 0.360. The third-order valence-electron chi connectivity index (χ3n) is 5.98. The van der Waals surface area contributed by atoms with Crippen LogP contribution in [0, 0.1) is 12.8 Å². The highest BCUT2D eigenvalue weighted by atomic mass is 16.5. The van der Waals surface area contributed by atoms with Crippen LogP contribution in [0.25, 0.3) is 10.9 Å². The SMILES string of the molecule is CC(=O)N1CCC(COc2cccc(OCc3[nH]c4ccccc4c(=O)c3C)c2)CC1. The Kier molecular flexibility index (Phi) is 6.26. The van der Waals surface area contributed by atoms with Gasteiger partial charge in [-0.25, -0.2) is 0 Å². The van der Waals surface area contributed by atoms with E-state index in [2.05, 4.69) is 4.98 Å². The summed E-state index contributed by atoms with van der Waals surface area (Å²) in [6, 6.07) is 15.1. The zero-order chi connectivity index (χ0) is 21.8. The molecule has 6 nitrogen and oxygen atoms in total. The van der Waals surface area contributed by atoms with Gasteiger partial charge < -0.3 is 19.4 Å². The van der Waals surface area contributed by atoms with E-state index in [0.717, 1.165) is 42.9 Å². The molecular formula is C25H28N2O4. The molecule has 1 aliphatic rings. The van der Waals surface area contributed by atoms with E-state index in [1.807, 2.05) is 60.4 Å². The highest BCUT2D eigenvalue weighted by molar-refractivity contribution is 5.79. The average Bonchev–Trinajstić information content (AvgIpc) is 2.79. The van der Waals surface area contributed by atoms with Crippen LogP contribution in [0.5, 0.6) is 11.5 Å². The summed E-state index contributed by atoms with van der Waals surface area (Å²) in [6.45, 7) is 5.95. The Bertz CT molecular complexity index is 1130. The molecule has 3 aromatic rings. The average molecular weight is 421 g/mol. The predicted octanol–water partition coefficient (Wildman–Crippen LogP) is 4.05. The summed E-state index contributed by atoms with van der Waals surface area (Å²) in [5.74, 6) is 2.05. The van der Waals surface area contributed by atoms with Gasteiger partial charge in [0.2, 0.25) is 5.91 Å². The number of pyridine rings is 1. The van der Waals surface area contributed by atoms with E-state index < -0.39 is 0 Å². The summed E-state index contributed by atoms with van der Waals surface area (Å²) in [5, 5.41) is 0.688. The second kappa shape index (κ2) is 9.25.